The second kappa shape index (κ2) is 7.45. The first-order valence-corrected chi connectivity index (χ1v) is 9.27. The molecule has 1 aliphatic heterocycles. The van der Waals surface area contributed by atoms with Crippen molar-refractivity contribution in [2.24, 2.45) is 0 Å². The Bertz CT molecular complexity index is 979. The molecule has 0 radical (unpaired) electrons. The Kier molecular flexibility index (Phi) is 4.87. The van der Waals surface area contributed by atoms with Crippen LogP contribution >= 0.6 is 23.4 Å². The van der Waals surface area contributed by atoms with E-state index in [9.17, 15) is 4.79 Å². The maximum atomic E-state index is 12.5. The van der Waals surface area contributed by atoms with Crippen molar-refractivity contribution in [1.82, 2.24) is 20.2 Å². The standard InChI is InChI=1S/C17H14ClN5O3S/c1-10(16(24)19-12-4-7-14-15(8-12)26-9-25-14)27-17-20-21-22-23(17)13-5-2-11(18)3-6-13/h2-8,10H,9H2,1H3,(H,19,24)/t10-/m0/s1. The van der Waals surface area contributed by atoms with Gasteiger partial charge in [0.25, 0.3) is 0 Å². The lowest BCUT2D eigenvalue weighted by molar-refractivity contribution is -0.115. The van der Waals surface area contributed by atoms with Crippen LogP contribution in [0.3, 0.4) is 0 Å². The largest absolute Gasteiger partial charge is 0.454 e. The molecule has 0 fully saturated rings. The molecule has 2 heterocycles. The van der Waals surface area contributed by atoms with Crippen LogP contribution in [0.15, 0.2) is 47.6 Å². The molecule has 1 aliphatic rings. The van der Waals surface area contributed by atoms with E-state index in [4.69, 9.17) is 21.1 Å². The molecule has 1 amide bonds. The zero-order valence-corrected chi connectivity index (χ0v) is 15.7. The van der Waals surface area contributed by atoms with E-state index in [2.05, 4.69) is 20.8 Å². The lowest BCUT2D eigenvalue weighted by Gasteiger charge is -2.12. The first-order valence-electron chi connectivity index (χ1n) is 8.01. The molecule has 3 aromatic rings. The third-order valence-electron chi connectivity index (χ3n) is 3.80. The number of benzene rings is 2. The van der Waals surface area contributed by atoms with Crippen molar-refractivity contribution in [2.75, 3.05) is 12.1 Å². The highest BCUT2D eigenvalue weighted by Gasteiger charge is 2.20. The van der Waals surface area contributed by atoms with E-state index < -0.39 is 5.25 Å². The van der Waals surface area contributed by atoms with Gasteiger partial charge in [-0.3, -0.25) is 4.79 Å². The van der Waals surface area contributed by atoms with Crippen molar-refractivity contribution in [3.63, 3.8) is 0 Å². The SMILES string of the molecule is C[C@H](Sc1nnnn1-c1ccc(Cl)cc1)C(=O)Nc1ccc2c(c1)OCO2. The van der Waals surface area contributed by atoms with Crippen LogP contribution in [0.2, 0.25) is 5.02 Å². The second-order valence-electron chi connectivity index (χ2n) is 5.67. The van der Waals surface area contributed by atoms with Gasteiger partial charge in [-0.15, -0.1) is 5.10 Å². The molecule has 138 valence electrons. The zero-order chi connectivity index (χ0) is 18.8. The minimum absolute atomic E-state index is 0.176. The van der Waals surface area contributed by atoms with Crippen LogP contribution in [-0.4, -0.2) is 38.2 Å². The molecule has 0 saturated heterocycles. The van der Waals surface area contributed by atoms with Gasteiger partial charge in [-0.05, 0) is 53.7 Å². The molecule has 0 spiro atoms. The first kappa shape index (κ1) is 17.6. The normalized spacial score (nSPS) is 13.4. The van der Waals surface area contributed by atoms with E-state index in [1.54, 1.807) is 54.1 Å². The predicted octanol–water partition coefficient (Wildman–Crippen LogP) is 3.16. The smallest absolute Gasteiger partial charge is 0.237 e. The number of halogens is 1. The average molecular weight is 404 g/mol. The Morgan fingerprint density at radius 2 is 2.00 bits per heavy atom. The number of fused-ring (bicyclic) bond motifs is 1. The Labute approximate surface area is 163 Å². The summed E-state index contributed by atoms with van der Waals surface area (Å²) in [6.07, 6.45) is 0. The summed E-state index contributed by atoms with van der Waals surface area (Å²) in [5, 5.41) is 15.3. The number of nitrogens with one attached hydrogen (secondary N) is 1. The molecule has 1 atom stereocenters. The number of carbonyl (C=O) groups excluding carboxylic acids is 1. The van der Waals surface area contributed by atoms with Crippen LogP contribution in [0.4, 0.5) is 5.69 Å². The van der Waals surface area contributed by atoms with Gasteiger partial charge in [-0.2, -0.15) is 4.68 Å². The fourth-order valence-corrected chi connectivity index (χ4v) is 3.36. The number of nitrogens with zero attached hydrogens (tertiary/aromatic N) is 4. The molecular weight excluding hydrogens is 390 g/mol. The zero-order valence-electron chi connectivity index (χ0n) is 14.1. The van der Waals surface area contributed by atoms with Gasteiger partial charge in [0.2, 0.25) is 17.9 Å². The van der Waals surface area contributed by atoms with Crippen LogP contribution in [0, 0.1) is 0 Å². The third-order valence-corrected chi connectivity index (χ3v) is 5.09. The van der Waals surface area contributed by atoms with Crippen LogP contribution in [0.5, 0.6) is 11.5 Å². The minimum Gasteiger partial charge on any atom is -0.454 e. The van der Waals surface area contributed by atoms with Gasteiger partial charge in [-0.25, -0.2) is 0 Å². The molecule has 2 aromatic carbocycles. The molecule has 0 unspecified atom stereocenters. The van der Waals surface area contributed by atoms with Crippen molar-refractivity contribution < 1.29 is 14.3 Å². The van der Waals surface area contributed by atoms with Crippen molar-refractivity contribution in [2.45, 2.75) is 17.3 Å². The number of amides is 1. The monoisotopic (exact) mass is 403 g/mol. The van der Waals surface area contributed by atoms with E-state index in [0.717, 1.165) is 5.69 Å². The van der Waals surface area contributed by atoms with Crippen LogP contribution < -0.4 is 14.8 Å². The number of aromatic nitrogens is 4. The molecule has 1 N–H and O–H groups in total. The Morgan fingerprint density at radius 1 is 1.22 bits per heavy atom. The Hall–Kier alpha value is -2.78. The fourth-order valence-electron chi connectivity index (χ4n) is 2.43. The van der Waals surface area contributed by atoms with E-state index in [-0.39, 0.29) is 12.7 Å². The van der Waals surface area contributed by atoms with Gasteiger partial charge in [-0.1, -0.05) is 23.4 Å². The van der Waals surface area contributed by atoms with Crippen molar-refractivity contribution in [3.8, 4) is 17.2 Å². The van der Waals surface area contributed by atoms with Crippen LogP contribution in [0.25, 0.3) is 5.69 Å². The number of anilines is 1. The highest BCUT2D eigenvalue weighted by Crippen LogP contribution is 2.34. The summed E-state index contributed by atoms with van der Waals surface area (Å²) in [6, 6.07) is 12.4. The van der Waals surface area contributed by atoms with Crippen molar-refractivity contribution in [3.05, 3.63) is 47.5 Å². The van der Waals surface area contributed by atoms with Gasteiger partial charge in [0.1, 0.15) is 0 Å². The van der Waals surface area contributed by atoms with E-state index >= 15 is 0 Å². The maximum Gasteiger partial charge on any atom is 0.237 e. The summed E-state index contributed by atoms with van der Waals surface area (Å²) >= 11 is 7.17. The first-order chi connectivity index (χ1) is 13.1. The van der Waals surface area contributed by atoms with E-state index in [1.165, 1.54) is 11.8 Å². The quantitative estimate of drug-likeness (QED) is 0.654. The lowest BCUT2D eigenvalue weighted by atomic mass is 10.2. The average Bonchev–Trinajstić information content (AvgIpc) is 3.31. The van der Waals surface area contributed by atoms with Crippen LogP contribution in [-0.2, 0) is 4.79 Å². The van der Waals surface area contributed by atoms with E-state index in [0.29, 0.717) is 27.4 Å². The molecule has 1 aromatic heterocycles. The lowest BCUT2D eigenvalue weighted by Crippen LogP contribution is -2.22. The summed E-state index contributed by atoms with van der Waals surface area (Å²) < 4.78 is 12.1. The Balaban J connectivity index is 1.45. The van der Waals surface area contributed by atoms with Crippen molar-refractivity contribution >= 4 is 35.0 Å². The summed E-state index contributed by atoms with van der Waals surface area (Å²) in [7, 11) is 0. The molecule has 0 bridgehead atoms. The summed E-state index contributed by atoms with van der Waals surface area (Å²) in [4.78, 5) is 12.5. The molecular formula is C17H14ClN5O3S. The molecule has 0 saturated carbocycles. The van der Waals surface area contributed by atoms with Gasteiger partial charge in [0.15, 0.2) is 11.5 Å². The van der Waals surface area contributed by atoms with Gasteiger partial charge in [0, 0.05) is 16.8 Å². The number of thioether (sulfide) groups is 1. The number of tetrazole rings is 1. The summed E-state index contributed by atoms with van der Waals surface area (Å²) in [5.41, 5.74) is 1.39. The highest BCUT2D eigenvalue weighted by atomic mass is 35.5. The molecule has 10 heteroatoms. The molecule has 0 aliphatic carbocycles. The second-order valence-corrected chi connectivity index (χ2v) is 7.41. The van der Waals surface area contributed by atoms with Gasteiger partial charge in [0.05, 0.1) is 10.9 Å². The molecule has 8 nitrogen and oxygen atoms in total. The van der Waals surface area contributed by atoms with Crippen molar-refractivity contribution in [1.29, 1.82) is 0 Å². The number of ether oxygens (including phenoxy) is 2. The summed E-state index contributed by atoms with van der Waals surface area (Å²) in [6.45, 7) is 1.97. The summed E-state index contributed by atoms with van der Waals surface area (Å²) in [5.74, 6) is 1.10. The highest BCUT2D eigenvalue weighted by molar-refractivity contribution is 8.00. The topological polar surface area (TPSA) is 91.2 Å². The van der Waals surface area contributed by atoms with Gasteiger partial charge < -0.3 is 14.8 Å². The minimum atomic E-state index is -0.424. The number of hydrogen-bond donors (Lipinski definition) is 1. The number of hydrogen-bond acceptors (Lipinski definition) is 7. The Morgan fingerprint density at radius 3 is 2.81 bits per heavy atom. The number of carbonyl (C=O) groups is 1. The number of rotatable bonds is 5. The van der Waals surface area contributed by atoms with Crippen LogP contribution in [0.1, 0.15) is 6.92 Å². The molecule has 27 heavy (non-hydrogen) atoms. The van der Waals surface area contributed by atoms with E-state index in [1.807, 2.05) is 0 Å². The predicted molar refractivity (Wildman–Crippen MR) is 101 cm³/mol. The molecule has 4 rings (SSSR count). The third kappa shape index (κ3) is 3.83. The van der Waals surface area contributed by atoms with Gasteiger partial charge >= 0.3 is 0 Å². The fraction of sp³-hybridized carbons (Fsp3) is 0.176. The maximum absolute atomic E-state index is 12.5.